The highest BCUT2D eigenvalue weighted by Gasteiger charge is 2.10. The van der Waals surface area contributed by atoms with Gasteiger partial charge in [-0.2, -0.15) is 0 Å². The number of rotatable bonds is 13. The van der Waals surface area contributed by atoms with E-state index < -0.39 is 5.97 Å². The molecule has 0 aromatic rings. The van der Waals surface area contributed by atoms with E-state index in [1.165, 1.54) is 44.6 Å². The number of hydrogen-bond acceptors (Lipinski definition) is 2. The van der Waals surface area contributed by atoms with Crippen LogP contribution in [0.2, 0.25) is 0 Å². The summed E-state index contributed by atoms with van der Waals surface area (Å²) in [5, 5.41) is 11.4. The monoisotopic (exact) mass is 297 g/mol. The Balaban J connectivity index is 3.57. The number of carbonyl (C=O) groups excluding carboxylic acids is 1. The fourth-order valence-corrected chi connectivity index (χ4v) is 2.20. The van der Waals surface area contributed by atoms with Crippen LogP contribution in [0, 0.1) is 0 Å². The summed E-state index contributed by atoms with van der Waals surface area (Å²) in [6, 6.07) is 0. The Bertz CT molecular complexity index is 324. The molecule has 4 nitrogen and oxygen atoms in total. The van der Waals surface area contributed by atoms with Gasteiger partial charge in [0, 0.05) is 6.42 Å². The molecule has 0 rings (SSSR count). The van der Waals surface area contributed by atoms with Crippen molar-refractivity contribution in [2.75, 3.05) is 0 Å². The molecular formula is C17H31NO3. The van der Waals surface area contributed by atoms with Crippen LogP contribution in [-0.4, -0.2) is 17.0 Å². The number of aliphatic carboxylic acids is 1. The number of nitrogens with one attached hydrogen (secondary N) is 1. The Kier molecular flexibility index (Phi) is 12.8. The van der Waals surface area contributed by atoms with Gasteiger partial charge in [-0.05, 0) is 12.8 Å². The first-order valence-corrected chi connectivity index (χ1v) is 8.35. The van der Waals surface area contributed by atoms with Crippen molar-refractivity contribution < 1.29 is 14.7 Å². The standard InChI is InChI=1S/C17H31NO3/c1-3-5-6-7-8-9-10-11-12-14-16(19)18-15(13-4-2)17(20)21/h13H,3-12,14H2,1-2H3,(H,18,19)(H,20,21). The van der Waals surface area contributed by atoms with Gasteiger partial charge in [-0.25, -0.2) is 4.79 Å². The van der Waals surface area contributed by atoms with Gasteiger partial charge in [0.1, 0.15) is 5.70 Å². The molecule has 0 atom stereocenters. The van der Waals surface area contributed by atoms with E-state index in [0.29, 0.717) is 12.8 Å². The van der Waals surface area contributed by atoms with E-state index in [0.717, 1.165) is 19.3 Å². The third-order valence-electron chi connectivity index (χ3n) is 3.42. The van der Waals surface area contributed by atoms with E-state index in [1.807, 2.05) is 6.92 Å². The number of carboxylic acids is 1. The Labute approximate surface area is 129 Å². The largest absolute Gasteiger partial charge is 0.477 e. The van der Waals surface area contributed by atoms with Crippen molar-refractivity contribution in [3.05, 3.63) is 11.8 Å². The SMILES string of the molecule is CCC=C(NC(=O)CCCCCCCCCCC)C(=O)O. The Morgan fingerprint density at radius 3 is 1.90 bits per heavy atom. The molecule has 0 saturated carbocycles. The maximum absolute atomic E-state index is 11.6. The van der Waals surface area contributed by atoms with E-state index in [4.69, 9.17) is 5.11 Å². The van der Waals surface area contributed by atoms with Gasteiger partial charge in [-0.15, -0.1) is 0 Å². The highest BCUT2D eigenvalue weighted by atomic mass is 16.4. The minimum absolute atomic E-state index is 0.00146. The summed E-state index contributed by atoms with van der Waals surface area (Å²) in [5.74, 6) is -1.27. The molecule has 0 aliphatic rings. The molecule has 21 heavy (non-hydrogen) atoms. The third kappa shape index (κ3) is 12.2. The molecule has 0 aromatic heterocycles. The van der Waals surface area contributed by atoms with Crippen molar-refractivity contribution in [2.45, 2.75) is 84.5 Å². The Morgan fingerprint density at radius 2 is 1.43 bits per heavy atom. The molecule has 0 fully saturated rings. The second kappa shape index (κ2) is 13.7. The van der Waals surface area contributed by atoms with Gasteiger partial charge < -0.3 is 10.4 Å². The van der Waals surface area contributed by atoms with Gasteiger partial charge in [-0.3, -0.25) is 4.79 Å². The number of carboxylic acid groups (broad SMARTS) is 1. The molecule has 0 bridgehead atoms. The lowest BCUT2D eigenvalue weighted by Crippen LogP contribution is -2.27. The van der Waals surface area contributed by atoms with Crippen molar-refractivity contribution in [2.24, 2.45) is 0 Å². The second-order valence-electron chi connectivity index (χ2n) is 5.46. The number of carbonyl (C=O) groups is 2. The van der Waals surface area contributed by atoms with Crippen LogP contribution in [0.1, 0.15) is 84.5 Å². The van der Waals surface area contributed by atoms with Gasteiger partial charge in [0.2, 0.25) is 5.91 Å². The third-order valence-corrected chi connectivity index (χ3v) is 3.42. The molecule has 0 aliphatic carbocycles. The van der Waals surface area contributed by atoms with Crippen molar-refractivity contribution in [1.82, 2.24) is 5.32 Å². The average Bonchev–Trinajstić information content (AvgIpc) is 2.45. The highest BCUT2D eigenvalue weighted by molar-refractivity contribution is 5.92. The molecular weight excluding hydrogens is 266 g/mol. The zero-order valence-electron chi connectivity index (χ0n) is 13.6. The molecule has 0 radical (unpaired) electrons. The molecule has 122 valence electrons. The predicted molar refractivity (Wildman–Crippen MR) is 86.0 cm³/mol. The summed E-state index contributed by atoms with van der Waals surface area (Å²) in [6.45, 7) is 4.06. The summed E-state index contributed by atoms with van der Waals surface area (Å²) in [7, 11) is 0. The number of amides is 1. The van der Waals surface area contributed by atoms with Gasteiger partial charge in [0.05, 0.1) is 0 Å². The van der Waals surface area contributed by atoms with Crippen LogP contribution in [0.4, 0.5) is 0 Å². The second-order valence-corrected chi connectivity index (χ2v) is 5.46. The van der Waals surface area contributed by atoms with Gasteiger partial charge in [0.25, 0.3) is 0 Å². The van der Waals surface area contributed by atoms with Crippen molar-refractivity contribution in [1.29, 1.82) is 0 Å². The van der Waals surface area contributed by atoms with Gasteiger partial charge in [0.15, 0.2) is 0 Å². The van der Waals surface area contributed by atoms with Crippen LogP contribution in [-0.2, 0) is 9.59 Å². The maximum Gasteiger partial charge on any atom is 0.352 e. The zero-order chi connectivity index (χ0) is 15.9. The van der Waals surface area contributed by atoms with E-state index in [9.17, 15) is 9.59 Å². The first-order chi connectivity index (χ1) is 10.1. The summed E-state index contributed by atoms with van der Waals surface area (Å²) in [5.41, 5.74) is -0.00146. The normalized spacial score (nSPS) is 11.4. The topological polar surface area (TPSA) is 66.4 Å². The Hall–Kier alpha value is -1.32. The van der Waals surface area contributed by atoms with E-state index >= 15 is 0 Å². The van der Waals surface area contributed by atoms with Crippen molar-refractivity contribution in [3.63, 3.8) is 0 Å². The minimum atomic E-state index is -1.07. The smallest absolute Gasteiger partial charge is 0.352 e. The summed E-state index contributed by atoms with van der Waals surface area (Å²) in [4.78, 5) is 22.5. The number of unbranched alkanes of at least 4 members (excludes halogenated alkanes) is 8. The molecule has 4 heteroatoms. The zero-order valence-corrected chi connectivity index (χ0v) is 13.6. The fraction of sp³-hybridized carbons (Fsp3) is 0.765. The molecule has 2 N–H and O–H groups in total. The molecule has 0 saturated heterocycles. The van der Waals surface area contributed by atoms with Crippen LogP contribution in [0.15, 0.2) is 11.8 Å². The molecule has 0 unspecified atom stereocenters. The molecule has 1 amide bonds. The van der Waals surface area contributed by atoms with Gasteiger partial charge >= 0.3 is 5.97 Å². The van der Waals surface area contributed by atoms with Crippen molar-refractivity contribution in [3.8, 4) is 0 Å². The Morgan fingerprint density at radius 1 is 0.905 bits per heavy atom. The quantitative estimate of drug-likeness (QED) is 0.391. The first kappa shape index (κ1) is 19.7. The predicted octanol–water partition coefficient (Wildman–Crippen LogP) is 4.40. The van der Waals surface area contributed by atoms with Crippen molar-refractivity contribution >= 4 is 11.9 Å². The molecule has 0 aromatic carbocycles. The van der Waals surface area contributed by atoms with Gasteiger partial charge in [-0.1, -0.05) is 71.3 Å². The van der Waals surface area contributed by atoms with Crippen LogP contribution < -0.4 is 5.32 Å². The highest BCUT2D eigenvalue weighted by Crippen LogP contribution is 2.10. The van der Waals surface area contributed by atoms with Crippen LogP contribution in [0.25, 0.3) is 0 Å². The molecule has 0 spiro atoms. The maximum atomic E-state index is 11.6. The number of hydrogen-bond donors (Lipinski definition) is 2. The lowest BCUT2D eigenvalue weighted by molar-refractivity contribution is -0.134. The molecule has 0 aliphatic heterocycles. The first-order valence-electron chi connectivity index (χ1n) is 8.35. The summed E-state index contributed by atoms with van der Waals surface area (Å²) < 4.78 is 0. The summed E-state index contributed by atoms with van der Waals surface area (Å²) in [6.07, 6.45) is 13.4. The summed E-state index contributed by atoms with van der Waals surface area (Å²) >= 11 is 0. The van der Waals surface area contributed by atoms with E-state index in [-0.39, 0.29) is 11.6 Å². The lowest BCUT2D eigenvalue weighted by atomic mass is 10.1. The van der Waals surface area contributed by atoms with Crippen LogP contribution >= 0.6 is 0 Å². The minimum Gasteiger partial charge on any atom is -0.477 e. The number of allylic oxidation sites excluding steroid dienone is 1. The fourth-order valence-electron chi connectivity index (χ4n) is 2.20. The van der Waals surface area contributed by atoms with Crippen LogP contribution in [0.5, 0.6) is 0 Å². The molecule has 0 heterocycles. The lowest BCUT2D eigenvalue weighted by Gasteiger charge is -2.06. The average molecular weight is 297 g/mol. The van der Waals surface area contributed by atoms with E-state index in [1.54, 1.807) is 0 Å². The van der Waals surface area contributed by atoms with E-state index in [2.05, 4.69) is 12.2 Å². The van der Waals surface area contributed by atoms with Crippen LogP contribution in [0.3, 0.4) is 0 Å².